The van der Waals surface area contributed by atoms with Gasteiger partial charge in [-0.25, -0.2) is 0 Å². The molecule has 2 aromatic rings. The first kappa shape index (κ1) is 17.6. The van der Waals surface area contributed by atoms with Crippen LogP contribution in [0.3, 0.4) is 0 Å². The van der Waals surface area contributed by atoms with E-state index in [1.54, 1.807) is 24.5 Å². The Morgan fingerprint density at radius 3 is 2.40 bits per heavy atom. The summed E-state index contributed by atoms with van der Waals surface area (Å²) in [7, 11) is 0. The molecule has 4 heteroatoms. The second-order valence-electron chi connectivity index (χ2n) is 7.33. The van der Waals surface area contributed by atoms with E-state index in [1.165, 1.54) is 17.5 Å². The molecule has 2 atom stereocenters. The number of pyridine rings is 1. The number of carbonyl (C=O) groups is 1. The lowest BCUT2D eigenvalue weighted by Crippen LogP contribution is -2.38. The van der Waals surface area contributed by atoms with Crippen molar-refractivity contribution in [1.82, 2.24) is 15.2 Å². The van der Waals surface area contributed by atoms with E-state index in [0.717, 1.165) is 31.5 Å². The molecule has 1 N–H and O–H groups in total. The SMILES string of the molecule is C[C@@H]1C[C@H](C)CN(Cc2ccccc2CNC(=O)c2ccncc2)C1. The predicted octanol–water partition coefficient (Wildman–Crippen LogP) is 3.49. The number of amides is 1. The summed E-state index contributed by atoms with van der Waals surface area (Å²) in [5.41, 5.74) is 3.14. The molecule has 0 aliphatic carbocycles. The molecule has 0 unspecified atom stereocenters. The van der Waals surface area contributed by atoms with Gasteiger partial charge in [0, 0.05) is 44.1 Å². The molecular formula is C21H27N3O. The Bertz CT molecular complexity index is 691. The normalized spacial score (nSPS) is 21.0. The topological polar surface area (TPSA) is 45.2 Å². The average Bonchev–Trinajstić information content (AvgIpc) is 2.60. The zero-order valence-electron chi connectivity index (χ0n) is 15.1. The van der Waals surface area contributed by atoms with Gasteiger partial charge >= 0.3 is 0 Å². The van der Waals surface area contributed by atoms with Gasteiger partial charge in [-0.3, -0.25) is 14.7 Å². The number of carbonyl (C=O) groups excluding carboxylic acids is 1. The fourth-order valence-corrected chi connectivity index (χ4v) is 3.83. The van der Waals surface area contributed by atoms with Crippen LogP contribution in [0.2, 0.25) is 0 Å². The third kappa shape index (κ3) is 4.89. The van der Waals surface area contributed by atoms with Crippen molar-refractivity contribution in [3.63, 3.8) is 0 Å². The fraction of sp³-hybridized carbons (Fsp3) is 0.429. The molecule has 25 heavy (non-hydrogen) atoms. The van der Waals surface area contributed by atoms with Crippen molar-refractivity contribution < 1.29 is 4.79 Å². The minimum atomic E-state index is -0.0579. The first-order chi connectivity index (χ1) is 12.1. The van der Waals surface area contributed by atoms with Gasteiger partial charge in [-0.2, -0.15) is 0 Å². The van der Waals surface area contributed by atoms with Crippen LogP contribution in [0.4, 0.5) is 0 Å². The number of nitrogens with one attached hydrogen (secondary N) is 1. The lowest BCUT2D eigenvalue weighted by atomic mass is 9.91. The quantitative estimate of drug-likeness (QED) is 0.908. The Balaban J connectivity index is 1.64. The van der Waals surface area contributed by atoms with Crippen LogP contribution in [-0.2, 0) is 13.1 Å². The zero-order valence-corrected chi connectivity index (χ0v) is 15.1. The Kier molecular flexibility index (Phi) is 5.82. The summed E-state index contributed by atoms with van der Waals surface area (Å²) in [6.45, 7) is 8.49. The summed E-state index contributed by atoms with van der Waals surface area (Å²) in [6, 6.07) is 11.9. The Morgan fingerprint density at radius 1 is 1.08 bits per heavy atom. The number of likely N-dealkylation sites (tertiary alicyclic amines) is 1. The van der Waals surface area contributed by atoms with Crippen LogP contribution in [0.15, 0.2) is 48.8 Å². The molecule has 132 valence electrons. The Morgan fingerprint density at radius 2 is 1.72 bits per heavy atom. The van der Waals surface area contributed by atoms with Gasteiger partial charge in [0.25, 0.3) is 5.91 Å². The minimum absolute atomic E-state index is 0.0579. The smallest absolute Gasteiger partial charge is 0.251 e. The van der Waals surface area contributed by atoms with Gasteiger partial charge in [-0.05, 0) is 41.5 Å². The number of benzene rings is 1. The van der Waals surface area contributed by atoms with Crippen molar-refractivity contribution in [1.29, 1.82) is 0 Å². The van der Waals surface area contributed by atoms with Crippen LogP contribution in [-0.4, -0.2) is 28.9 Å². The third-order valence-electron chi connectivity index (χ3n) is 4.84. The van der Waals surface area contributed by atoms with Crippen LogP contribution >= 0.6 is 0 Å². The van der Waals surface area contributed by atoms with Crippen molar-refractivity contribution in [2.24, 2.45) is 11.8 Å². The third-order valence-corrected chi connectivity index (χ3v) is 4.84. The van der Waals surface area contributed by atoms with Crippen LogP contribution in [0.25, 0.3) is 0 Å². The van der Waals surface area contributed by atoms with Crippen molar-refractivity contribution in [3.05, 3.63) is 65.5 Å². The van der Waals surface area contributed by atoms with E-state index < -0.39 is 0 Å². The van der Waals surface area contributed by atoms with Gasteiger partial charge in [0.2, 0.25) is 0 Å². The summed E-state index contributed by atoms with van der Waals surface area (Å²) < 4.78 is 0. The summed E-state index contributed by atoms with van der Waals surface area (Å²) in [4.78, 5) is 18.8. The van der Waals surface area contributed by atoms with E-state index in [0.29, 0.717) is 12.1 Å². The van der Waals surface area contributed by atoms with Crippen molar-refractivity contribution in [2.75, 3.05) is 13.1 Å². The summed E-state index contributed by atoms with van der Waals surface area (Å²) in [5, 5.41) is 3.03. The zero-order chi connectivity index (χ0) is 17.6. The molecule has 1 aliphatic rings. The van der Waals surface area contributed by atoms with Crippen molar-refractivity contribution in [2.45, 2.75) is 33.4 Å². The molecule has 1 saturated heterocycles. The van der Waals surface area contributed by atoms with Crippen LogP contribution in [0.5, 0.6) is 0 Å². The van der Waals surface area contributed by atoms with E-state index >= 15 is 0 Å². The Labute approximate surface area is 150 Å². The second kappa shape index (κ2) is 8.26. The van der Waals surface area contributed by atoms with Crippen molar-refractivity contribution in [3.8, 4) is 0 Å². The highest BCUT2D eigenvalue weighted by molar-refractivity contribution is 5.93. The summed E-state index contributed by atoms with van der Waals surface area (Å²) >= 11 is 0. The number of nitrogens with zero attached hydrogens (tertiary/aromatic N) is 2. The van der Waals surface area contributed by atoms with E-state index in [2.05, 4.69) is 47.2 Å². The molecule has 1 fully saturated rings. The van der Waals surface area contributed by atoms with Crippen molar-refractivity contribution >= 4 is 5.91 Å². The highest BCUT2D eigenvalue weighted by Crippen LogP contribution is 2.23. The van der Waals surface area contributed by atoms with Crippen LogP contribution < -0.4 is 5.32 Å². The highest BCUT2D eigenvalue weighted by Gasteiger charge is 2.22. The number of hydrogen-bond acceptors (Lipinski definition) is 3. The van der Waals surface area contributed by atoms with E-state index in [4.69, 9.17) is 0 Å². The van der Waals surface area contributed by atoms with Gasteiger partial charge in [0.15, 0.2) is 0 Å². The fourth-order valence-electron chi connectivity index (χ4n) is 3.83. The second-order valence-corrected chi connectivity index (χ2v) is 7.33. The van der Waals surface area contributed by atoms with E-state index in [1.807, 2.05) is 6.07 Å². The maximum absolute atomic E-state index is 12.3. The summed E-state index contributed by atoms with van der Waals surface area (Å²) in [5.74, 6) is 1.45. The van der Waals surface area contributed by atoms with Gasteiger partial charge in [-0.1, -0.05) is 38.1 Å². The molecule has 0 bridgehead atoms. The average molecular weight is 337 g/mol. The van der Waals surface area contributed by atoms with Crippen LogP contribution in [0, 0.1) is 11.8 Å². The molecule has 0 saturated carbocycles. The first-order valence-corrected chi connectivity index (χ1v) is 9.09. The molecule has 1 amide bonds. The van der Waals surface area contributed by atoms with E-state index in [-0.39, 0.29) is 5.91 Å². The first-order valence-electron chi connectivity index (χ1n) is 9.09. The number of piperidine rings is 1. The maximum atomic E-state index is 12.3. The monoisotopic (exact) mass is 337 g/mol. The molecule has 1 aliphatic heterocycles. The number of aromatic nitrogens is 1. The predicted molar refractivity (Wildman–Crippen MR) is 100 cm³/mol. The highest BCUT2D eigenvalue weighted by atomic mass is 16.1. The molecule has 4 nitrogen and oxygen atoms in total. The van der Waals surface area contributed by atoms with E-state index in [9.17, 15) is 4.79 Å². The Hall–Kier alpha value is -2.20. The van der Waals surface area contributed by atoms with Gasteiger partial charge < -0.3 is 5.32 Å². The number of hydrogen-bond donors (Lipinski definition) is 1. The maximum Gasteiger partial charge on any atom is 0.251 e. The lowest BCUT2D eigenvalue weighted by Gasteiger charge is -2.35. The largest absolute Gasteiger partial charge is 0.348 e. The molecule has 0 radical (unpaired) electrons. The lowest BCUT2D eigenvalue weighted by molar-refractivity contribution is 0.0950. The molecule has 3 rings (SSSR count). The molecule has 2 heterocycles. The molecule has 1 aromatic heterocycles. The molecular weight excluding hydrogens is 310 g/mol. The molecule has 1 aromatic carbocycles. The minimum Gasteiger partial charge on any atom is -0.348 e. The molecule has 0 spiro atoms. The number of rotatable bonds is 5. The van der Waals surface area contributed by atoms with Gasteiger partial charge in [0.05, 0.1) is 0 Å². The van der Waals surface area contributed by atoms with Gasteiger partial charge in [0.1, 0.15) is 0 Å². The van der Waals surface area contributed by atoms with Crippen LogP contribution in [0.1, 0.15) is 41.8 Å². The standard InChI is InChI=1S/C21H27N3O/c1-16-11-17(2)14-24(13-16)15-20-6-4-3-5-19(20)12-23-21(25)18-7-9-22-10-8-18/h3-10,16-17H,11-15H2,1-2H3,(H,23,25)/t16-,17+. The van der Waals surface area contributed by atoms with Gasteiger partial charge in [-0.15, -0.1) is 0 Å². The summed E-state index contributed by atoms with van der Waals surface area (Å²) in [6.07, 6.45) is 4.60.